The van der Waals surface area contributed by atoms with Crippen molar-refractivity contribution >= 4 is 39.2 Å². The van der Waals surface area contributed by atoms with Crippen LogP contribution in [0.2, 0.25) is 5.02 Å². The molecule has 0 aromatic heterocycles. The number of halogens is 2. The number of nitrogens with two attached hydrogens (primary N) is 1. The first kappa shape index (κ1) is 14.2. The number of anilines is 1. The molecule has 2 N–H and O–H groups in total. The van der Waals surface area contributed by atoms with Gasteiger partial charge in [0, 0.05) is 10.2 Å². The molecule has 3 rings (SSSR count). The molecule has 1 aliphatic heterocycles. The van der Waals surface area contributed by atoms with Crippen molar-refractivity contribution in [2.24, 2.45) is 16.6 Å². The van der Waals surface area contributed by atoms with Crippen LogP contribution in [0.3, 0.4) is 0 Å². The first-order valence-electron chi connectivity index (χ1n) is 7.11. The quantitative estimate of drug-likeness (QED) is 0.863. The van der Waals surface area contributed by atoms with Crippen molar-refractivity contribution in [3.05, 3.63) is 27.7 Å². The smallest absolute Gasteiger partial charge is 0.196 e. The Hall–Kier alpha value is -0.740. The van der Waals surface area contributed by atoms with Crippen LogP contribution in [0.15, 0.2) is 27.7 Å². The summed E-state index contributed by atoms with van der Waals surface area (Å²) >= 11 is 9.59. The van der Waals surface area contributed by atoms with E-state index in [4.69, 9.17) is 17.3 Å². The number of guanidine groups is 1. The molecule has 1 fully saturated rings. The number of aliphatic imine (C=N–C) groups is 1. The molecule has 1 aromatic rings. The Bertz CT molecular complexity index is 560. The number of hydrogen-bond acceptors (Lipinski definition) is 3. The molecular formula is C15H19BrClN3. The zero-order valence-electron chi connectivity index (χ0n) is 11.6. The third-order valence-electron chi connectivity index (χ3n) is 4.66. The van der Waals surface area contributed by atoms with Crippen molar-refractivity contribution in [2.45, 2.75) is 38.1 Å². The van der Waals surface area contributed by atoms with Crippen molar-refractivity contribution in [1.29, 1.82) is 0 Å². The molecule has 1 heterocycles. The van der Waals surface area contributed by atoms with Crippen molar-refractivity contribution in [1.82, 2.24) is 0 Å². The van der Waals surface area contributed by atoms with Crippen LogP contribution in [0.1, 0.15) is 32.6 Å². The third kappa shape index (κ3) is 2.23. The Morgan fingerprint density at radius 1 is 1.55 bits per heavy atom. The van der Waals surface area contributed by atoms with Crippen molar-refractivity contribution in [2.75, 3.05) is 11.4 Å². The summed E-state index contributed by atoms with van der Waals surface area (Å²) in [7, 11) is 0. The predicted octanol–water partition coefficient (Wildman–Crippen LogP) is 4.19. The summed E-state index contributed by atoms with van der Waals surface area (Å²) < 4.78 is 0.900. The van der Waals surface area contributed by atoms with E-state index < -0.39 is 0 Å². The zero-order chi connectivity index (χ0) is 14.3. The van der Waals surface area contributed by atoms with E-state index in [2.05, 4.69) is 32.7 Å². The minimum atomic E-state index is 0.0814. The van der Waals surface area contributed by atoms with Crippen LogP contribution in [0, 0.1) is 5.92 Å². The molecule has 0 bridgehead atoms. The Morgan fingerprint density at radius 3 is 3.00 bits per heavy atom. The lowest BCUT2D eigenvalue weighted by Crippen LogP contribution is -2.50. The molecule has 0 saturated heterocycles. The van der Waals surface area contributed by atoms with Crippen molar-refractivity contribution in [3.63, 3.8) is 0 Å². The SMILES string of the molecule is CCC1CCC2(CN=C(N)N2c2ccc(Cl)c(Br)c2)C1. The maximum Gasteiger partial charge on any atom is 0.196 e. The van der Waals surface area contributed by atoms with Gasteiger partial charge < -0.3 is 10.6 Å². The second-order valence-corrected chi connectivity index (χ2v) is 7.11. The Labute approximate surface area is 133 Å². The van der Waals surface area contributed by atoms with Gasteiger partial charge in [-0.05, 0) is 59.3 Å². The van der Waals surface area contributed by atoms with Crippen LogP contribution in [-0.2, 0) is 0 Å². The standard InChI is InChI=1S/C15H19BrClN3/c1-2-10-5-6-15(8-10)9-19-14(18)20(15)11-3-4-13(17)12(16)7-11/h3-4,7,10H,2,5-6,8-9H2,1H3,(H2,18,19). The molecule has 0 radical (unpaired) electrons. The van der Waals surface area contributed by atoms with Crippen LogP contribution >= 0.6 is 27.5 Å². The fraction of sp³-hybridized carbons (Fsp3) is 0.533. The average molecular weight is 357 g/mol. The molecule has 1 spiro atoms. The molecule has 0 amide bonds. The highest BCUT2D eigenvalue weighted by molar-refractivity contribution is 9.10. The van der Waals surface area contributed by atoms with Crippen LogP contribution in [0.5, 0.6) is 0 Å². The molecular weight excluding hydrogens is 338 g/mol. The topological polar surface area (TPSA) is 41.6 Å². The number of benzene rings is 1. The minimum absolute atomic E-state index is 0.0814. The minimum Gasteiger partial charge on any atom is -0.369 e. The summed E-state index contributed by atoms with van der Waals surface area (Å²) in [6, 6.07) is 5.98. The number of rotatable bonds is 2. The largest absolute Gasteiger partial charge is 0.369 e. The summed E-state index contributed by atoms with van der Waals surface area (Å²) in [5, 5.41) is 0.718. The van der Waals surface area contributed by atoms with E-state index in [0.29, 0.717) is 5.96 Å². The van der Waals surface area contributed by atoms with Gasteiger partial charge in [0.1, 0.15) is 0 Å². The van der Waals surface area contributed by atoms with Gasteiger partial charge in [-0.2, -0.15) is 0 Å². The van der Waals surface area contributed by atoms with Crippen LogP contribution < -0.4 is 10.6 Å². The van der Waals surface area contributed by atoms with Gasteiger partial charge in [-0.25, -0.2) is 0 Å². The highest BCUT2D eigenvalue weighted by Crippen LogP contribution is 2.45. The molecule has 5 heteroatoms. The van der Waals surface area contributed by atoms with Gasteiger partial charge in [0.05, 0.1) is 17.1 Å². The van der Waals surface area contributed by atoms with Crippen molar-refractivity contribution in [3.8, 4) is 0 Å². The summed E-state index contributed by atoms with van der Waals surface area (Å²) in [5.74, 6) is 1.42. The molecule has 1 aliphatic carbocycles. The van der Waals surface area contributed by atoms with Gasteiger partial charge in [-0.1, -0.05) is 24.9 Å². The molecule has 20 heavy (non-hydrogen) atoms. The third-order valence-corrected chi connectivity index (χ3v) is 5.88. The Kier molecular flexibility index (Phi) is 3.71. The second kappa shape index (κ2) is 5.23. The van der Waals surface area contributed by atoms with Gasteiger partial charge in [0.15, 0.2) is 5.96 Å². The molecule has 2 unspecified atom stereocenters. The van der Waals surface area contributed by atoms with E-state index in [1.165, 1.54) is 19.3 Å². The van der Waals surface area contributed by atoms with E-state index in [9.17, 15) is 0 Å². The van der Waals surface area contributed by atoms with Gasteiger partial charge in [0.25, 0.3) is 0 Å². The second-order valence-electron chi connectivity index (χ2n) is 5.85. The van der Waals surface area contributed by atoms with Gasteiger partial charge in [-0.3, -0.25) is 4.99 Å². The lowest BCUT2D eigenvalue weighted by molar-refractivity contribution is 0.434. The maximum atomic E-state index is 6.17. The predicted molar refractivity (Wildman–Crippen MR) is 88.5 cm³/mol. The fourth-order valence-electron chi connectivity index (χ4n) is 3.55. The van der Waals surface area contributed by atoms with Crippen LogP contribution in [-0.4, -0.2) is 18.0 Å². The monoisotopic (exact) mass is 355 g/mol. The normalized spacial score (nSPS) is 29.2. The first-order chi connectivity index (χ1) is 9.55. The van der Waals surface area contributed by atoms with E-state index >= 15 is 0 Å². The van der Waals surface area contributed by atoms with E-state index in [1.54, 1.807) is 0 Å². The molecule has 1 saturated carbocycles. The van der Waals surface area contributed by atoms with E-state index in [-0.39, 0.29) is 5.54 Å². The number of nitrogens with zero attached hydrogens (tertiary/aromatic N) is 2. The molecule has 1 aromatic carbocycles. The van der Waals surface area contributed by atoms with Crippen LogP contribution in [0.4, 0.5) is 5.69 Å². The van der Waals surface area contributed by atoms with Gasteiger partial charge in [0.2, 0.25) is 0 Å². The summed E-state index contributed by atoms with van der Waals surface area (Å²) in [4.78, 5) is 6.75. The molecule has 108 valence electrons. The Balaban J connectivity index is 1.96. The maximum absolute atomic E-state index is 6.17. The molecule has 3 nitrogen and oxygen atoms in total. The van der Waals surface area contributed by atoms with E-state index in [0.717, 1.165) is 34.1 Å². The van der Waals surface area contributed by atoms with Crippen LogP contribution in [0.25, 0.3) is 0 Å². The van der Waals surface area contributed by atoms with Gasteiger partial charge in [-0.15, -0.1) is 0 Å². The molecule has 2 aliphatic rings. The highest BCUT2D eigenvalue weighted by Gasteiger charge is 2.47. The molecule has 2 atom stereocenters. The lowest BCUT2D eigenvalue weighted by atomic mass is 9.93. The van der Waals surface area contributed by atoms with Crippen molar-refractivity contribution < 1.29 is 0 Å². The van der Waals surface area contributed by atoms with E-state index in [1.807, 2.05) is 18.2 Å². The highest BCUT2D eigenvalue weighted by atomic mass is 79.9. The fourth-order valence-corrected chi connectivity index (χ4v) is 4.04. The number of hydrogen-bond donors (Lipinski definition) is 1. The lowest BCUT2D eigenvalue weighted by Gasteiger charge is -2.36. The zero-order valence-corrected chi connectivity index (χ0v) is 13.9. The Morgan fingerprint density at radius 2 is 2.35 bits per heavy atom. The summed E-state index contributed by atoms with van der Waals surface area (Å²) in [5.41, 5.74) is 7.33. The average Bonchev–Trinajstić information content (AvgIpc) is 2.99. The first-order valence-corrected chi connectivity index (χ1v) is 8.28. The van der Waals surface area contributed by atoms with Gasteiger partial charge >= 0.3 is 0 Å². The summed E-state index contributed by atoms with van der Waals surface area (Å²) in [6.07, 6.45) is 4.84. The summed E-state index contributed by atoms with van der Waals surface area (Å²) in [6.45, 7) is 3.08.